The first-order chi connectivity index (χ1) is 9.88. The fourth-order valence-corrected chi connectivity index (χ4v) is 2.75. The molecule has 0 unspecified atom stereocenters. The van der Waals surface area contributed by atoms with Crippen LogP contribution in [0.2, 0.25) is 0 Å². The van der Waals surface area contributed by atoms with Gasteiger partial charge in [0.1, 0.15) is 0 Å². The molecule has 0 saturated carbocycles. The van der Waals surface area contributed by atoms with Gasteiger partial charge in [0, 0.05) is 23.1 Å². The minimum absolute atomic E-state index is 0.969. The third kappa shape index (κ3) is 2.63. The molecule has 0 fully saturated rings. The molecule has 3 rings (SSSR count). The molecule has 0 spiro atoms. The molecule has 3 aromatic rings. The van der Waals surface area contributed by atoms with Gasteiger partial charge in [-0.1, -0.05) is 48.5 Å². The number of hydrogen-bond donors (Lipinski definition) is 0. The molecule has 0 radical (unpaired) electrons. The second-order valence-electron chi connectivity index (χ2n) is 4.58. The van der Waals surface area contributed by atoms with Crippen molar-refractivity contribution in [2.45, 2.75) is 5.75 Å². The van der Waals surface area contributed by atoms with E-state index in [2.05, 4.69) is 48.9 Å². The summed E-state index contributed by atoms with van der Waals surface area (Å²) in [5.74, 6) is 0.969. The molecule has 20 heavy (non-hydrogen) atoms. The Morgan fingerprint density at radius 2 is 1.60 bits per heavy atom. The highest BCUT2D eigenvalue weighted by Crippen LogP contribution is 2.26. The zero-order valence-corrected chi connectivity index (χ0v) is 12.2. The van der Waals surface area contributed by atoms with Crippen LogP contribution in [0.25, 0.3) is 16.9 Å². The van der Waals surface area contributed by atoms with Crippen LogP contribution in [-0.4, -0.2) is 16.0 Å². The van der Waals surface area contributed by atoms with Crippen LogP contribution in [0.5, 0.6) is 0 Å². The van der Waals surface area contributed by atoms with E-state index in [1.54, 1.807) is 0 Å². The summed E-state index contributed by atoms with van der Waals surface area (Å²) < 4.78 is 1.97. The van der Waals surface area contributed by atoms with E-state index in [0.717, 1.165) is 17.1 Å². The van der Waals surface area contributed by atoms with Gasteiger partial charge in [0.2, 0.25) is 0 Å². The van der Waals surface area contributed by atoms with Gasteiger partial charge < -0.3 is 0 Å². The highest BCUT2D eigenvalue weighted by atomic mass is 32.2. The average molecular weight is 280 g/mol. The van der Waals surface area contributed by atoms with E-state index < -0.39 is 0 Å². The Balaban J connectivity index is 2.08. The van der Waals surface area contributed by atoms with Gasteiger partial charge in [-0.25, -0.2) is 4.68 Å². The third-order valence-corrected chi connectivity index (χ3v) is 3.76. The first-order valence-electron chi connectivity index (χ1n) is 6.57. The van der Waals surface area contributed by atoms with Crippen LogP contribution in [0, 0.1) is 0 Å². The number of hydrogen-bond acceptors (Lipinski definition) is 2. The van der Waals surface area contributed by atoms with Crippen LogP contribution in [0.3, 0.4) is 0 Å². The Labute approximate surface area is 123 Å². The standard InChI is InChI=1S/C17H16N2S/c1-20-13-15-12-19(16-10-6-3-7-11-16)18-17(15)14-8-4-2-5-9-14/h2-12H,13H2,1H3. The van der Waals surface area contributed by atoms with Gasteiger partial charge in [0.05, 0.1) is 11.4 Å². The molecule has 0 N–H and O–H groups in total. The Morgan fingerprint density at radius 1 is 0.950 bits per heavy atom. The quantitative estimate of drug-likeness (QED) is 0.705. The molecular formula is C17H16N2S. The molecule has 1 aromatic heterocycles. The lowest BCUT2D eigenvalue weighted by atomic mass is 10.1. The first-order valence-corrected chi connectivity index (χ1v) is 7.96. The Kier molecular flexibility index (Phi) is 3.88. The SMILES string of the molecule is CSCc1cn(-c2ccccc2)nc1-c1ccccc1. The molecule has 0 atom stereocenters. The van der Waals surface area contributed by atoms with E-state index in [0.29, 0.717) is 0 Å². The Hall–Kier alpha value is -2.00. The van der Waals surface area contributed by atoms with E-state index in [-0.39, 0.29) is 0 Å². The van der Waals surface area contributed by atoms with Crippen molar-refractivity contribution in [3.8, 4) is 16.9 Å². The van der Waals surface area contributed by atoms with Gasteiger partial charge in [-0.2, -0.15) is 16.9 Å². The zero-order chi connectivity index (χ0) is 13.8. The van der Waals surface area contributed by atoms with Crippen molar-refractivity contribution in [2.75, 3.05) is 6.26 Å². The maximum absolute atomic E-state index is 4.77. The summed E-state index contributed by atoms with van der Waals surface area (Å²) in [6, 6.07) is 20.6. The van der Waals surface area contributed by atoms with Crippen molar-refractivity contribution in [3.05, 3.63) is 72.4 Å². The summed E-state index contributed by atoms with van der Waals surface area (Å²) in [5.41, 5.74) is 4.61. The summed E-state index contributed by atoms with van der Waals surface area (Å²) >= 11 is 1.82. The number of thioether (sulfide) groups is 1. The molecule has 0 aliphatic carbocycles. The highest BCUT2D eigenvalue weighted by molar-refractivity contribution is 7.97. The fraction of sp³-hybridized carbons (Fsp3) is 0.118. The molecule has 2 aromatic carbocycles. The number of aromatic nitrogens is 2. The summed E-state index contributed by atoms with van der Waals surface area (Å²) in [5, 5.41) is 4.77. The number of nitrogens with zero attached hydrogens (tertiary/aromatic N) is 2. The minimum Gasteiger partial charge on any atom is -0.240 e. The molecule has 0 aliphatic heterocycles. The van der Waals surface area contributed by atoms with Crippen molar-refractivity contribution < 1.29 is 0 Å². The van der Waals surface area contributed by atoms with E-state index in [9.17, 15) is 0 Å². The van der Waals surface area contributed by atoms with Gasteiger partial charge in [-0.3, -0.25) is 0 Å². The largest absolute Gasteiger partial charge is 0.240 e. The Morgan fingerprint density at radius 3 is 2.25 bits per heavy atom. The second-order valence-corrected chi connectivity index (χ2v) is 5.45. The van der Waals surface area contributed by atoms with Gasteiger partial charge in [0.25, 0.3) is 0 Å². The number of benzene rings is 2. The predicted octanol–water partition coefficient (Wildman–Crippen LogP) is 4.40. The lowest BCUT2D eigenvalue weighted by Crippen LogP contribution is -1.93. The van der Waals surface area contributed by atoms with Gasteiger partial charge in [-0.05, 0) is 18.4 Å². The lowest BCUT2D eigenvalue weighted by molar-refractivity contribution is 0.884. The fourth-order valence-electron chi connectivity index (χ4n) is 2.22. The molecule has 0 bridgehead atoms. The average Bonchev–Trinajstić information content (AvgIpc) is 2.94. The third-order valence-electron chi connectivity index (χ3n) is 3.16. The molecule has 100 valence electrons. The molecule has 0 aliphatic rings. The highest BCUT2D eigenvalue weighted by Gasteiger charge is 2.11. The smallest absolute Gasteiger partial charge is 0.0967 e. The van der Waals surface area contributed by atoms with E-state index in [1.165, 1.54) is 11.1 Å². The predicted molar refractivity (Wildman–Crippen MR) is 86.2 cm³/mol. The van der Waals surface area contributed by atoms with Gasteiger partial charge in [-0.15, -0.1) is 0 Å². The van der Waals surface area contributed by atoms with E-state index >= 15 is 0 Å². The van der Waals surface area contributed by atoms with Crippen molar-refractivity contribution in [2.24, 2.45) is 0 Å². The lowest BCUT2D eigenvalue weighted by Gasteiger charge is -2.00. The van der Waals surface area contributed by atoms with Crippen LogP contribution in [-0.2, 0) is 5.75 Å². The van der Waals surface area contributed by atoms with Crippen LogP contribution < -0.4 is 0 Å². The molecule has 2 nitrogen and oxygen atoms in total. The summed E-state index contributed by atoms with van der Waals surface area (Å²) in [6.45, 7) is 0. The van der Waals surface area contributed by atoms with Crippen LogP contribution in [0.4, 0.5) is 0 Å². The second kappa shape index (κ2) is 5.97. The van der Waals surface area contributed by atoms with Crippen molar-refractivity contribution in [1.82, 2.24) is 9.78 Å². The minimum atomic E-state index is 0.969. The maximum atomic E-state index is 4.77. The maximum Gasteiger partial charge on any atom is 0.0967 e. The molecule has 1 heterocycles. The summed E-state index contributed by atoms with van der Waals surface area (Å²) in [7, 11) is 0. The summed E-state index contributed by atoms with van der Waals surface area (Å²) in [6.07, 6.45) is 4.25. The van der Waals surface area contributed by atoms with Gasteiger partial charge >= 0.3 is 0 Å². The van der Waals surface area contributed by atoms with Gasteiger partial charge in [0.15, 0.2) is 0 Å². The monoisotopic (exact) mass is 280 g/mol. The number of para-hydroxylation sites is 1. The topological polar surface area (TPSA) is 17.8 Å². The van der Waals surface area contributed by atoms with Crippen molar-refractivity contribution in [3.63, 3.8) is 0 Å². The van der Waals surface area contributed by atoms with Crippen molar-refractivity contribution >= 4 is 11.8 Å². The number of rotatable bonds is 4. The Bertz CT molecular complexity index is 675. The van der Waals surface area contributed by atoms with E-state index in [4.69, 9.17) is 5.10 Å². The van der Waals surface area contributed by atoms with Crippen LogP contribution in [0.15, 0.2) is 66.9 Å². The molecule has 3 heteroatoms. The van der Waals surface area contributed by atoms with Crippen molar-refractivity contribution in [1.29, 1.82) is 0 Å². The van der Waals surface area contributed by atoms with Crippen LogP contribution >= 0.6 is 11.8 Å². The van der Waals surface area contributed by atoms with Crippen LogP contribution in [0.1, 0.15) is 5.56 Å². The molecule has 0 amide bonds. The molecular weight excluding hydrogens is 264 g/mol. The zero-order valence-electron chi connectivity index (χ0n) is 11.4. The molecule has 0 saturated heterocycles. The first kappa shape index (κ1) is 13.0. The summed E-state index contributed by atoms with van der Waals surface area (Å²) in [4.78, 5) is 0. The normalized spacial score (nSPS) is 10.7. The van der Waals surface area contributed by atoms with E-state index in [1.807, 2.05) is 40.7 Å².